The molecule has 0 heterocycles. The Morgan fingerprint density at radius 2 is 1.80 bits per heavy atom. The summed E-state index contributed by atoms with van der Waals surface area (Å²) in [5.74, 6) is 2.17. The van der Waals surface area contributed by atoms with Gasteiger partial charge in [0.1, 0.15) is 0 Å². The van der Waals surface area contributed by atoms with Gasteiger partial charge in [0, 0.05) is 0 Å². The van der Waals surface area contributed by atoms with E-state index in [2.05, 4.69) is 6.08 Å². The predicted molar refractivity (Wildman–Crippen MR) is 99.2 cm³/mol. The third-order valence-electron chi connectivity index (χ3n) is 8.66. The van der Waals surface area contributed by atoms with Crippen LogP contribution in [0.1, 0.15) is 83.5 Å². The van der Waals surface area contributed by atoms with Gasteiger partial charge in [-0.25, -0.2) is 0 Å². The van der Waals surface area contributed by atoms with Crippen molar-refractivity contribution >= 4 is 5.97 Å². The first-order valence-corrected chi connectivity index (χ1v) is 10.9. The molecule has 5 aliphatic carbocycles. The summed E-state index contributed by atoms with van der Waals surface area (Å²) < 4.78 is 0. The molecule has 0 aliphatic heterocycles. The lowest BCUT2D eigenvalue weighted by Crippen LogP contribution is -2.48. The van der Waals surface area contributed by atoms with Gasteiger partial charge in [-0.1, -0.05) is 42.1 Å². The van der Waals surface area contributed by atoms with Crippen LogP contribution in [0, 0.1) is 29.1 Å². The molecule has 136 valence electrons. The van der Waals surface area contributed by atoms with E-state index in [1.54, 1.807) is 5.57 Å². The molecule has 3 saturated carbocycles. The summed E-state index contributed by atoms with van der Waals surface area (Å²) in [4.78, 5) is 12.2. The lowest BCUT2D eigenvalue weighted by Gasteiger charge is -2.53. The van der Waals surface area contributed by atoms with E-state index in [4.69, 9.17) is 0 Å². The average Bonchev–Trinajstić information content (AvgIpc) is 2.66. The number of carboxylic acids is 1. The topological polar surface area (TPSA) is 37.3 Å². The third kappa shape index (κ3) is 2.32. The van der Waals surface area contributed by atoms with Crippen molar-refractivity contribution in [2.45, 2.75) is 83.5 Å². The van der Waals surface area contributed by atoms with Crippen molar-refractivity contribution in [2.24, 2.45) is 29.1 Å². The summed E-state index contributed by atoms with van der Waals surface area (Å²) in [6.45, 7) is 0. The Hall–Kier alpha value is -1.05. The fourth-order valence-electron chi connectivity index (χ4n) is 7.53. The number of fused-ring (bicyclic) bond motifs is 6. The molecule has 0 radical (unpaired) electrons. The quantitative estimate of drug-likeness (QED) is 0.605. The zero-order valence-corrected chi connectivity index (χ0v) is 15.4. The lowest BCUT2D eigenvalue weighted by atomic mass is 9.50. The van der Waals surface area contributed by atoms with Gasteiger partial charge in [0.25, 0.3) is 0 Å². The number of hydrogen-bond acceptors (Lipinski definition) is 1. The molecule has 5 atom stereocenters. The van der Waals surface area contributed by atoms with E-state index in [0.717, 1.165) is 50.4 Å². The van der Waals surface area contributed by atoms with Gasteiger partial charge in [-0.05, 0) is 87.9 Å². The minimum absolute atomic E-state index is 0.341. The molecule has 0 amide bonds. The Morgan fingerprint density at radius 1 is 0.920 bits per heavy atom. The molecule has 0 aromatic heterocycles. The second kappa shape index (κ2) is 5.99. The first-order valence-electron chi connectivity index (χ1n) is 10.9. The van der Waals surface area contributed by atoms with Gasteiger partial charge in [-0.15, -0.1) is 0 Å². The molecule has 0 aromatic carbocycles. The predicted octanol–water partition coefficient (Wildman–Crippen LogP) is 5.88. The number of aliphatic carboxylic acids is 1. The number of carbonyl (C=O) groups is 1. The fourth-order valence-corrected chi connectivity index (χ4v) is 7.53. The van der Waals surface area contributed by atoms with Crippen LogP contribution in [-0.4, -0.2) is 11.1 Å². The standard InChI is InChI=1S/C23H32O2/c24-22(25)23-13-4-3-7-21(23)20-11-10-17-16-6-2-1-5-15(16)8-9-18(17)19(20)12-14-23/h11,15,18-19,21H,1-10,12-14H2,(H,24,25). The number of carboxylic acid groups (broad SMARTS) is 1. The van der Waals surface area contributed by atoms with Crippen LogP contribution in [0.3, 0.4) is 0 Å². The molecule has 3 fully saturated rings. The minimum atomic E-state index is -0.503. The van der Waals surface area contributed by atoms with Gasteiger partial charge in [-0.3, -0.25) is 4.79 Å². The van der Waals surface area contributed by atoms with E-state index >= 15 is 0 Å². The van der Waals surface area contributed by atoms with Crippen molar-refractivity contribution in [3.05, 3.63) is 22.8 Å². The monoisotopic (exact) mass is 340 g/mol. The van der Waals surface area contributed by atoms with E-state index in [1.807, 2.05) is 11.1 Å². The Morgan fingerprint density at radius 3 is 2.68 bits per heavy atom. The highest BCUT2D eigenvalue weighted by atomic mass is 16.4. The van der Waals surface area contributed by atoms with Gasteiger partial charge in [0.15, 0.2) is 0 Å². The van der Waals surface area contributed by atoms with Crippen molar-refractivity contribution in [3.63, 3.8) is 0 Å². The van der Waals surface area contributed by atoms with E-state index < -0.39 is 11.4 Å². The van der Waals surface area contributed by atoms with Crippen LogP contribution in [0.5, 0.6) is 0 Å². The summed E-state index contributed by atoms with van der Waals surface area (Å²) in [6, 6.07) is 0. The maximum absolute atomic E-state index is 12.2. The highest BCUT2D eigenvalue weighted by Crippen LogP contribution is 2.60. The first kappa shape index (κ1) is 16.1. The normalized spacial score (nSPS) is 43.3. The molecule has 0 bridgehead atoms. The Kier molecular flexibility index (Phi) is 3.87. The van der Waals surface area contributed by atoms with E-state index in [9.17, 15) is 9.90 Å². The van der Waals surface area contributed by atoms with Crippen LogP contribution in [0.25, 0.3) is 0 Å². The van der Waals surface area contributed by atoms with Crippen LogP contribution in [0.4, 0.5) is 0 Å². The third-order valence-corrected chi connectivity index (χ3v) is 8.66. The highest BCUT2D eigenvalue weighted by molar-refractivity contribution is 5.76. The number of rotatable bonds is 1. The van der Waals surface area contributed by atoms with Crippen LogP contribution < -0.4 is 0 Å². The zero-order valence-electron chi connectivity index (χ0n) is 15.4. The molecule has 0 aromatic rings. The molecular formula is C23H32O2. The van der Waals surface area contributed by atoms with Crippen molar-refractivity contribution in [1.82, 2.24) is 0 Å². The number of hydrogen-bond donors (Lipinski definition) is 1. The second-order valence-electron chi connectivity index (χ2n) is 9.49. The number of allylic oxidation sites excluding steroid dienone is 4. The average molecular weight is 341 g/mol. The summed E-state index contributed by atoms with van der Waals surface area (Å²) in [6.07, 6.45) is 18.5. The Balaban J connectivity index is 1.52. The van der Waals surface area contributed by atoms with Crippen LogP contribution in [0.15, 0.2) is 22.8 Å². The maximum atomic E-state index is 12.2. The summed E-state index contributed by atoms with van der Waals surface area (Å²) in [5, 5.41) is 10.1. The molecule has 25 heavy (non-hydrogen) atoms. The summed E-state index contributed by atoms with van der Waals surface area (Å²) in [7, 11) is 0. The fraction of sp³-hybridized carbons (Fsp3) is 0.783. The van der Waals surface area contributed by atoms with Crippen molar-refractivity contribution < 1.29 is 9.90 Å². The summed E-state index contributed by atoms with van der Waals surface area (Å²) >= 11 is 0. The molecule has 5 unspecified atom stereocenters. The lowest BCUT2D eigenvalue weighted by molar-refractivity contribution is -0.157. The molecule has 1 N–H and O–H groups in total. The van der Waals surface area contributed by atoms with E-state index in [0.29, 0.717) is 11.8 Å². The Bertz CT molecular complexity index is 642. The maximum Gasteiger partial charge on any atom is 0.310 e. The van der Waals surface area contributed by atoms with Crippen LogP contribution >= 0.6 is 0 Å². The molecular weight excluding hydrogens is 308 g/mol. The molecule has 0 spiro atoms. The van der Waals surface area contributed by atoms with Crippen LogP contribution in [-0.2, 0) is 4.79 Å². The van der Waals surface area contributed by atoms with E-state index in [1.165, 1.54) is 44.9 Å². The largest absolute Gasteiger partial charge is 0.481 e. The highest BCUT2D eigenvalue weighted by Gasteiger charge is 2.54. The SMILES string of the molecule is O=C(O)C12CCCCC1C1=CCC3=C4CCCCC4CCC3C1CC2. The molecule has 5 rings (SSSR count). The zero-order chi connectivity index (χ0) is 17.0. The van der Waals surface area contributed by atoms with Gasteiger partial charge >= 0.3 is 5.97 Å². The van der Waals surface area contributed by atoms with Gasteiger partial charge < -0.3 is 5.11 Å². The molecule has 5 aliphatic rings. The van der Waals surface area contributed by atoms with Crippen molar-refractivity contribution in [3.8, 4) is 0 Å². The smallest absolute Gasteiger partial charge is 0.310 e. The Labute approximate surface area is 151 Å². The van der Waals surface area contributed by atoms with Gasteiger partial charge in [-0.2, -0.15) is 0 Å². The van der Waals surface area contributed by atoms with Crippen molar-refractivity contribution in [1.29, 1.82) is 0 Å². The van der Waals surface area contributed by atoms with E-state index in [-0.39, 0.29) is 0 Å². The van der Waals surface area contributed by atoms with Crippen LogP contribution in [0.2, 0.25) is 0 Å². The van der Waals surface area contributed by atoms with Crippen molar-refractivity contribution in [2.75, 3.05) is 0 Å². The minimum Gasteiger partial charge on any atom is -0.481 e. The van der Waals surface area contributed by atoms with Gasteiger partial charge in [0.2, 0.25) is 0 Å². The molecule has 2 heteroatoms. The molecule has 2 nitrogen and oxygen atoms in total. The molecule has 0 saturated heterocycles. The summed E-state index contributed by atoms with van der Waals surface area (Å²) in [5.41, 5.74) is 4.81. The van der Waals surface area contributed by atoms with Gasteiger partial charge in [0.05, 0.1) is 5.41 Å². The first-order chi connectivity index (χ1) is 12.2. The second-order valence-corrected chi connectivity index (χ2v) is 9.49.